The number of hydrogen-bond donors (Lipinski definition) is 2. The van der Waals surface area contributed by atoms with E-state index in [1.807, 2.05) is 26.0 Å². The van der Waals surface area contributed by atoms with E-state index >= 15 is 0 Å². The van der Waals surface area contributed by atoms with E-state index in [1.165, 1.54) is 23.1 Å². The predicted octanol–water partition coefficient (Wildman–Crippen LogP) is 3.64. The SMILES string of the molecule is CCC(CC)(CNC(=O)CSCc1ccc(Cl)s1)C(=O)O. The van der Waals surface area contributed by atoms with Crippen molar-refractivity contribution < 1.29 is 14.7 Å². The first-order chi connectivity index (χ1) is 9.93. The molecule has 1 aromatic heterocycles. The number of thioether (sulfide) groups is 1. The molecule has 0 fully saturated rings. The molecule has 0 unspecified atom stereocenters. The lowest BCUT2D eigenvalue weighted by Gasteiger charge is -2.26. The Labute approximate surface area is 138 Å². The third kappa shape index (κ3) is 5.52. The molecule has 0 aliphatic carbocycles. The molecule has 0 spiro atoms. The van der Waals surface area contributed by atoms with Crippen molar-refractivity contribution in [2.24, 2.45) is 5.41 Å². The summed E-state index contributed by atoms with van der Waals surface area (Å²) in [5, 5.41) is 12.0. The largest absolute Gasteiger partial charge is 0.481 e. The van der Waals surface area contributed by atoms with Gasteiger partial charge in [0.25, 0.3) is 0 Å². The maximum absolute atomic E-state index is 11.8. The fourth-order valence-corrected chi connectivity index (χ4v) is 3.93. The fourth-order valence-electron chi connectivity index (χ4n) is 1.87. The van der Waals surface area contributed by atoms with E-state index in [2.05, 4.69) is 5.32 Å². The van der Waals surface area contributed by atoms with E-state index < -0.39 is 11.4 Å². The molecule has 0 atom stereocenters. The quantitative estimate of drug-likeness (QED) is 0.714. The third-order valence-electron chi connectivity index (χ3n) is 3.54. The number of carboxylic acid groups (broad SMARTS) is 1. The summed E-state index contributed by atoms with van der Waals surface area (Å²) in [7, 11) is 0. The molecule has 0 aliphatic rings. The van der Waals surface area contributed by atoms with Crippen LogP contribution in [-0.2, 0) is 15.3 Å². The predicted molar refractivity (Wildman–Crippen MR) is 89.2 cm³/mol. The second-order valence-corrected chi connectivity index (χ2v) is 7.55. The van der Waals surface area contributed by atoms with Gasteiger partial charge in [-0.25, -0.2) is 0 Å². The van der Waals surface area contributed by atoms with Gasteiger partial charge >= 0.3 is 5.97 Å². The first kappa shape index (κ1) is 18.3. The number of carbonyl (C=O) groups excluding carboxylic acids is 1. The molecule has 1 amide bonds. The van der Waals surface area contributed by atoms with Crippen LogP contribution in [0.15, 0.2) is 12.1 Å². The molecule has 7 heteroatoms. The van der Waals surface area contributed by atoms with Gasteiger partial charge in [0.1, 0.15) is 0 Å². The van der Waals surface area contributed by atoms with Gasteiger partial charge < -0.3 is 10.4 Å². The summed E-state index contributed by atoms with van der Waals surface area (Å²) in [6, 6.07) is 3.79. The van der Waals surface area contributed by atoms with Crippen molar-refractivity contribution in [3.8, 4) is 0 Å². The highest BCUT2D eigenvalue weighted by Gasteiger charge is 2.34. The normalized spacial score (nSPS) is 11.4. The molecular formula is C14H20ClNO3S2. The van der Waals surface area contributed by atoms with Crippen LogP contribution in [0.5, 0.6) is 0 Å². The van der Waals surface area contributed by atoms with Crippen molar-refractivity contribution in [3.63, 3.8) is 0 Å². The number of thiophene rings is 1. The maximum atomic E-state index is 11.8. The van der Waals surface area contributed by atoms with Crippen LogP contribution < -0.4 is 5.32 Å². The average Bonchev–Trinajstić information content (AvgIpc) is 2.86. The number of aliphatic carboxylic acids is 1. The van der Waals surface area contributed by atoms with Crippen LogP contribution in [0.3, 0.4) is 0 Å². The van der Waals surface area contributed by atoms with E-state index in [4.69, 9.17) is 11.6 Å². The van der Waals surface area contributed by atoms with Gasteiger partial charge in [0.15, 0.2) is 0 Å². The first-order valence-electron chi connectivity index (χ1n) is 6.75. The number of carboxylic acids is 1. The molecule has 1 heterocycles. The van der Waals surface area contributed by atoms with Crippen LogP contribution in [0.4, 0.5) is 0 Å². The number of halogens is 1. The second kappa shape index (κ2) is 8.66. The van der Waals surface area contributed by atoms with Gasteiger partial charge in [-0.1, -0.05) is 25.4 Å². The van der Waals surface area contributed by atoms with Crippen molar-refractivity contribution in [2.45, 2.75) is 32.4 Å². The van der Waals surface area contributed by atoms with Crippen molar-refractivity contribution in [3.05, 3.63) is 21.3 Å². The number of hydrogen-bond acceptors (Lipinski definition) is 4. The highest BCUT2D eigenvalue weighted by atomic mass is 35.5. The molecule has 0 aromatic carbocycles. The minimum atomic E-state index is -0.860. The Morgan fingerprint density at radius 3 is 2.52 bits per heavy atom. The maximum Gasteiger partial charge on any atom is 0.311 e. The van der Waals surface area contributed by atoms with Gasteiger partial charge in [0, 0.05) is 17.2 Å². The minimum absolute atomic E-state index is 0.129. The molecule has 21 heavy (non-hydrogen) atoms. The Morgan fingerprint density at radius 2 is 2.05 bits per heavy atom. The van der Waals surface area contributed by atoms with E-state index in [0.29, 0.717) is 18.6 Å². The number of rotatable bonds is 9. The summed E-state index contributed by atoms with van der Waals surface area (Å²) in [5.74, 6) is 0.0681. The highest BCUT2D eigenvalue weighted by Crippen LogP contribution is 2.26. The van der Waals surface area contributed by atoms with Crippen molar-refractivity contribution >= 4 is 46.6 Å². The van der Waals surface area contributed by atoms with Gasteiger partial charge in [-0.2, -0.15) is 0 Å². The monoisotopic (exact) mass is 349 g/mol. The lowest BCUT2D eigenvalue weighted by Crippen LogP contribution is -2.42. The molecule has 0 bridgehead atoms. The van der Waals surface area contributed by atoms with Gasteiger partial charge in [0.05, 0.1) is 15.5 Å². The molecule has 0 saturated carbocycles. The van der Waals surface area contributed by atoms with Gasteiger partial charge in [-0.15, -0.1) is 23.1 Å². The topological polar surface area (TPSA) is 66.4 Å². The van der Waals surface area contributed by atoms with Crippen LogP contribution in [0.1, 0.15) is 31.6 Å². The summed E-state index contributed by atoms with van der Waals surface area (Å²) >= 11 is 8.84. The van der Waals surface area contributed by atoms with Crippen molar-refractivity contribution in [2.75, 3.05) is 12.3 Å². The van der Waals surface area contributed by atoms with Crippen LogP contribution in [0, 0.1) is 5.41 Å². The van der Waals surface area contributed by atoms with E-state index in [1.54, 1.807) is 0 Å². The summed E-state index contributed by atoms with van der Waals surface area (Å²) in [6.45, 7) is 3.84. The number of nitrogens with one attached hydrogen (secondary N) is 1. The Balaban J connectivity index is 2.34. The summed E-state index contributed by atoms with van der Waals surface area (Å²) in [5.41, 5.74) is -0.860. The lowest BCUT2D eigenvalue weighted by atomic mass is 9.82. The van der Waals surface area contributed by atoms with Crippen LogP contribution in [-0.4, -0.2) is 29.3 Å². The van der Waals surface area contributed by atoms with E-state index in [9.17, 15) is 14.7 Å². The Hall–Kier alpha value is -0.720. The number of carbonyl (C=O) groups is 2. The highest BCUT2D eigenvalue weighted by molar-refractivity contribution is 7.99. The Morgan fingerprint density at radius 1 is 1.38 bits per heavy atom. The van der Waals surface area contributed by atoms with Crippen molar-refractivity contribution in [1.29, 1.82) is 0 Å². The van der Waals surface area contributed by atoms with Crippen LogP contribution >= 0.6 is 34.7 Å². The van der Waals surface area contributed by atoms with E-state index in [-0.39, 0.29) is 12.5 Å². The second-order valence-electron chi connectivity index (χ2n) is 4.77. The van der Waals surface area contributed by atoms with Gasteiger partial charge in [-0.05, 0) is 25.0 Å². The van der Waals surface area contributed by atoms with Crippen LogP contribution in [0.2, 0.25) is 4.34 Å². The molecule has 0 aliphatic heterocycles. The zero-order chi connectivity index (χ0) is 15.9. The summed E-state index contributed by atoms with van der Waals surface area (Å²) < 4.78 is 0.743. The molecule has 0 radical (unpaired) electrons. The molecular weight excluding hydrogens is 330 g/mol. The zero-order valence-electron chi connectivity index (χ0n) is 12.1. The standard InChI is InChI=1S/C14H20ClNO3S2/c1-3-14(4-2,13(18)19)9-16-12(17)8-20-7-10-5-6-11(15)21-10/h5-6H,3-4,7-9H2,1-2H3,(H,16,17)(H,18,19). The molecule has 1 rings (SSSR count). The van der Waals surface area contributed by atoms with E-state index in [0.717, 1.165) is 15.0 Å². The average molecular weight is 350 g/mol. The summed E-state index contributed by atoms with van der Waals surface area (Å²) in [6.07, 6.45) is 1.000. The summed E-state index contributed by atoms with van der Waals surface area (Å²) in [4.78, 5) is 24.2. The molecule has 0 saturated heterocycles. The smallest absolute Gasteiger partial charge is 0.311 e. The zero-order valence-corrected chi connectivity index (χ0v) is 14.5. The minimum Gasteiger partial charge on any atom is -0.481 e. The number of amides is 1. The van der Waals surface area contributed by atoms with Gasteiger partial charge in [-0.3, -0.25) is 9.59 Å². The third-order valence-corrected chi connectivity index (χ3v) is 5.93. The Bertz CT molecular complexity index is 486. The van der Waals surface area contributed by atoms with Crippen LogP contribution in [0.25, 0.3) is 0 Å². The molecule has 2 N–H and O–H groups in total. The first-order valence-corrected chi connectivity index (χ1v) is 9.10. The fraction of sp³-hybridized carbons (Fsp3) is 0.571. The molecule has 118 valence electrons. The molecule has 4 nitrogen and oxygen atoms in total. The van der Waals surface area contributed by atoms with Gasteiger partial charge in [0.2, 0.25) is 5.91 Å². The molecule has 1 aromatic rings. The van der Waals surface area contributed by atoms with Crippen molar-refractivity contribution in [1.82, 2.24) is 5.32 Å². The Kier molecular flexibility index (Phi) is 7.56. The lowest BCUT2D eigenvalue weighted by molar-refractivity contribution is -0.149.